The molecule has 1 saturated heterocycles. The van der Waals surface area contributed by atoms with E-state index in [2.05, 4.69) is 36.0 Å². The van der Waals surface area contributed by atoms with Crippen LogP contribution >= 0.6 is 0 Å². The largest absolute Gasteiger partial charge is 0.474 e. The van der Waals surface area contributed by atoms with Crippen molar-refractivity contribution >= 4 is 6.21 Å². The first-order valence-corrected chi connectivity index (χ1v) is 7.61. The van der Waals surface area contributed by atoms with Gasteiger partial charge in [-0.3, -0.25) is 0 Å². The Morgan fingerprint density at radius 3 is 2.65 bits per heavy atom. The fourth-order valence-electron chi connectivity index (χ4n) is 2.12. The van der Waals surface area contributed by atoms with E-state index in [4.69, 9.17) is 4.74 Å². The van der Waals surface area contributed by atoms with Gasteiger partial charge in [-0.2, -0.15) is 0 Å². The summed E-state index contributed by atoms with van der Waals surface area (Å²) in [5, 5.41) is 3.35. The van der Waals surface area contributed by atoms with E-state index in [0.29, 0.717) is 5.88 Å². The van der Waals surface area contributed by atoms with Gasteiger partial charge < -0.3 is 10.1 Å². The molecule has 3 heteroatoms. The van der Waals surface area contributed by atoms with Crippen LogP contribution in [0.3, 0.4) is 0 Å². The van der Waals surface area contributed by atoms with E-state index in [1.165, 1.54) is 0 Å². The first-order chi connectivity index (χ1) is 9.69. The molecule has 1 rings (SSSR count). The number of ether oxygens (including phenoxy) is 1. The highest BCUT2D eigenvalue weighted by Gasteiger charge is 2.17. The van der Waals surface area contributed by atoms with E-state index < -0.39 is 0 Å². The summed E-state index contributed by atoms with van der Waals surface area (Å²) >= 11 is 0. The molecule has 0 radical (unpaired) electrons. The summed E-state index contributed by atoms with van der Waals surface area (Å²) in [7, 11) is 0. The monoisotopic (exact) mass is 276 g/mol. The second-order valence-corrected chi connectivity index (χ2v) is 5.14. The number of nitrogens with zero attached hydrogens (tertiary/aromatic N) is 1. The minimum Gasteiger partial charge on any atom is -0.474 e. The van der Waals surface area contributed by atoms with Gasteiger partial charge in [-0.1, -0.05) is 32.1 Å². The lowest BCUT2D eigenvalue weighted by molar-refractivity contribution is 0.0859. The zero-order chi connectivity index (χ0) is 14.8. The highest BCUT2D eigenvalue weighted by molar-refractivity contribution is 5.56. The predicted molar refractivity (Wildman–Crippen MR) is 87.0 cm³/mol. The summed E-state index contributed by atoms with van der Waals surface area (Å²) in [5.74, 6) is 0.708. The van der Waals surface area contributed by atoms with E-state index in [1.54, 1.807) is 6.21 Å². The Bertz CT molecular complexity index is 388. The molecule has 0 aromatic heterocycles. The number of allylic oxidation sites excluding steroid dienone is 4. The topological polar surface area (TPSA) is 33.6 Å². The van der Waals surface area contributed by atoms with Gasteiger partial charge >= 0.3 is 0 Å². The molecule has 1 aliphatic rings. The summed E-state index contributed by atoms with van der Waals surface area (Å²) in [5.41, 5.74) is 2.00. The van der Waals surface area contributed by atoms with Crippen LogP contribution in [0.2, 0.25) is 0 Å². The Morgan fingerprint density at radius 1 is 1.40 bits per heavy atom. The van der Waals surface area contributed by atoms with Crippen LogP contribution in [-0.2, 0) is 4.74 Å². The molecule has 0 atom stereocenters. The van der Waals surface area contributed by atoms with E-state index in [9.17, 15) is 0 Å². The first-order valence-electron chi connectivity index (χ1n) is 7.61. The van der Waals surface area contributed by atoms with Gasteiger partial charge in [-0.15, -0.1) is 0 Å². The number of rotatable bonds is 7. The van der Waals surface area contributed by atoms with E-state index >= 15 is 0 Å². The van der Waals surface area contributed by atoms with Crippen molar-refractivity contribution in [3.8, 4) is 0 Å². The van der Waals surface area contributed by atoms with Gasteiger partial charge in [0, 0.05) is 11.8 Å². The van der Waals surface area contributed by atoms with Gasteiger partial charge in [0.1, 0.15) is 6.10 Å². The molecule has 0 aromatic rings. The molecule has 0 saturated carbocycles. The molecule has 1 fully saturated rings. The van der Waals surface area contributed by atoms with Crippen molar-refractivity contribution in [2.24, 2.45) is 4.99 Å². The lowest BCUT2D eigenvalue weighted by atomic mass is 10.1. The van der Waals surface area contributed by atoms with Crippen LogP contribution in [-0.4, -0.2) is 25.4 Å². The van der Waals surface area contributed by atoms with Gasteiger partial charge in [-0.05, 0) is 51.8 Å². The predicted octanol–water partition coefficient (Wildman–Crippen LogP) is 3.99. The van der Waals surface area contributed by atoms with E-state index in [1.807, 2.05) is 13.8 Å². The highest BCUT2D eigenvalue weighted by atomic mass is 16.5. The summed E-state index contributed by atoms with van der Waals surface area (Å²) in [6.45, 7) is 12.2. The zero-order valence-electron chi connectivity index (χ0n) is 13.1. The molecule has 0 aromatic carbocycles. The first kappa shape index (κ1) is 16.7. The average molecular weight is 276 g/mol. The Hall–Kier alpha value is -1.35. The fourth-order valence-corrected chi connectivity index (χ4v) is 2.12. The van der Waals surface area contributed by atoms with Gasteiger partial charge in [0.15, 0.2) is 0 Å². The molecule has 0 spiro atoms. The van der Waals surface area contributed by atoms with Crippen molar-refractivity contribution in [1.29, 1.82) is 0 Å². The minimum absolute atomic E-state index is 0.254. The van der Waals surface area contributed by atoms with Crippen molar-refractivity contribution in [2.45, 2.75) is 52.6 Å². The number of piperidine rings is 1. The SMILES string of the molecule is C=C(C)C(/C=C\CCC)=C(\N=CC)OC1CCNCC1. The molecule has 0 unspecified atom stereocenters. The number of unbranched alkanes of at least 4 members (excludes halogenated alkanes) is 1. The Morgan fingerprint density at radius 2 is 2.10 bits per heavy atom. The lowest BCUT2D eigenvalue weighted by Crippen LogP contribution is -2.32. The number of hydrogen-bond donors (Lipinski definition) is 1. The Labute approximate surface area is 123 Å². The molecular weight excluding hydrogens is 248 g/mol. The smallest absolute Gasteiger partial charge is 0.220 e. The van der Waals surface area contributed by atoms with Crippen molar-refractivity contribution in [2.75, 3.05) is 13.1 Å². The summed E-state index contributed by atoms with van der Waals surface area (Å²) in [6.07, 6.45) is 10.6. The molecule has 0 bridgehead atoms. The number of hydrogen-bond acceptors (Lipinski definition) is 3. The van der Waals surface area contributed by atoms with Crippen LogP contribution in [0.25, 0.3) is 0 Å². The third-order valence-corrected chi connectivity index (χ3v) is 3.24. The Kier molecular flexibility index (Phi) is 7.97. The molecule has 3 nitrogen and oxygen atoms in total. The molecule has 20 heavy (non-hydrogen) atoms. The molecule has 112 valence electrons. The number of aliphatic imine (C=N–C) groups is 1. The minimum atomic E-state index is 0.254. The van der Waals surface area contributed by atoms with Gasteiger partial charge in [0.2, 0.25) is 5.88 Å². The van der Waals surface area contributed by atoms with Crippen molar-refractivity contribution < 1.29 is 4.74 Å². The summed E-state index contributed by atoms with van der Waals surface area (Å²) < 4.78 is 6.12. The summed E-state index contributed by atoms with van der Waals surface area (Å²) in [6, 6.07) is 0. The molecule has 0 aliphatic carbocycles. The maximum atomic E-state index is 6.12. The lowest BCUT2D eigenvalue weighted by Gasteiger charge is -2.24. The summed E-state index contributed by atoms with van der Waals surface area (Å²) in [4.78, 5) is 4.42. The quantitative estimate of drug-likeness (QED) is 0.433. The van der Waals surface area contributed by atoms with Crippen LogP contribution in [0.15, 0.2) is 40.8 Å². The molecule has 1 heterocycles. The van der Waals surface area contributed by atoms with Crippen LogP contribution in [0.5, 0.6) is 0 Å². The second kappa shape index (κ2) is 9.54. The van der Waals surface area contributed by atoms with Crippen molar-refractivity contribution in [3.63, 3.8) is 0 Å². The normalized spacial score (nSPS) is 18.6. The molecule has 1 aliphatic heterocycles. The third-order valence-electron chi connectivity index (χ3n) is 3.24. The standard InChI is InChI=1S/C17H28N2O/c1-5-7-8-9-16(14(3)4)17(19-6-2)20-15-10-12-18-13-11-15/h6,8-9,15,18H,3,5,7,10-13H2,1-2,4H3/b9-8-,17-16+,19-6?. The maximum absolute atomic E-state index is 6.12. The van der Waals surface area contributed by atoms with Crippen LogP contribution in [0, 0.1) is 0 Å². The van der Waals surface area contributed by atoms with Crippen LogP contribution < -0.4 is 5.32 Å². The second-order valence-electron chi connectivity index (χ2n) is 5.14. The Balaban J connectivity index is 2.90. The van der Waals surface area contributed by atoms with Crippen molar-refractivity contribution in [1.82, 2.24) is 5.32 Å². The molecule has 0 amide bonds. The van der Waals surface area contributed by atoms with Gasteiger partial charge in [-0.25, -0.2) is 4.99 Å². The number of nitrogens with one attached hydrogen (secondary N) is 1. The average Bonchev–Trinajstić information content (AvgIpc) is 2.44. The fraction of sp³-hybridized carbons (Fsp3) is 0.588. The van der Waals surface area contributed by atoms with E-state index in [-0.39, 0.29) is 6.10 Å². The van der Waals surface area contributed by atoms with Gasteiger partial charge in [0.05, 0.1) is 0 Å². The van der Waals surface area contributed by atoms with E-state index in [0.717, 1.165) is 49.9 Å². The van der Waals surface area contributed by atoms with Crippen molar-refractivity contribution in [3.05, 3.63) is 35.8 Å². The zero-order valence-corrected chi connectivity index (χ0v) is 13.1. The maximum Gasteiger partial charge on any atom is 0.220 e. The third kappa shape index (κ3) is 5.74. The highest BCUT2D eigenvalue weighted by Crippen LogP contribution is 2.21. The van der Waals surface area contributed by atoms with Crippen LogP contribution in [0.4, 0.5) is 0 Å². The van der Waals surface area contributed by atoms with Gasteiger partial charge in [0.25, 0.3) is 0 Å². The molecular formula is C17H28N2O. The van der Waals surface area contributed by atoms with Crippen LogP contribution in [0.1, 0.15) is 46.5 Å². The molecule has 1 N–H and O–H groups in total.